The van der Waals surface area contributed by atoms with Gasteiger partial charge in [-0.05, 0) is 19.9 Å². The van der Waals surface area contributed by atoms with Crippen LogP contribution in [0.15, 0.2) is 27.9 Å². The molecule has 0 aliphatic rings. The van der Waals surface area contributed by atoms with E-state index in [9.17, 15) is 8.42 Å². The zero-order chi connectivity index (χ0) is 9.78. The Morgan fingerprint density at radius 1 is 1.58 bits per heavy atom. The topological polar surface area (TPSA) is 90.6 Å². The van der Waals surface area contributed by atoms with Gasteiger partial charge in [0.15, 0.2) is 0 Å². The van der Waals surface area contributed by atoms with E-state index in [-0.39, 0.29) is 10.6 Å². The van der Waals surface area contributed by atoms with Gasteiger partial charge in [0, 0.05) is 0 Å². The lowest BCUT2D eigenvalue weighted by atomic mass is 10.4. The molecule has 0 atom stereocenters. The highest BCUT2D eigenvalue weighted by Gasteiger charge is 2.09. The zero-order valence-corrected chi connectivity index (χ0v) is 7.59. The Hall–Kier alpha value is -1.01. The van der Waals surface area contributed by atoms with Crippen LogP contribution in [0.25, 0.3) is 0 Å². The van der Waals surface area contributed by atoms with Crippen molar-refractivity contribution in [2.45, 2.75) is 13.8 Å². The second-order valence-electron chi connectivity index (χ2n) is 2.06. The molecule has 2 N–H and O–H groups in total. The summed E-state index contributed by atoms with van der Waals surface area (Å²) < 4.78 is 29.7. The van der Waals surface area contributed by atoms with Gasteiger partial charge < -0.3 is 0 Å². The van der Waals surface area contributed by atoms with Gasteiger partial charge in [0.1, 0.15) is 0 Å². The van der Waals surface area contributed by atoms with Crippen molar-refractivity contribution in [3.8, 4) is 0 Å². The summed E-state index contributed by atoms with van der Waals surface area (Å²) in [5.41, 5.74) is 6.74. The molecule has 6 heteroatoms. The fraction of sp³-hybridized carbons (Fsp3) is 0.333. The smallest absolute Gasteiger partial charge is 0.282 e. The van der Waals surface area contributed by atoms with Crippen LogP contribution in [0, 0.1) is 5.53 Å². The van der Waals surface area contributed by atoms with E-state index in [2.05, 4.69) is 5.11 Å². The van der Waals surface area contributed by atoms with Gasteiger partial charge in [0.2, 0.25) is 0 Å². The Morgan fingerprint density at radius 3 is 2.33 bits per heavy atom. The maximum atomic E-state index is 10.6. The predicted octanol–water partition coefficient (Wildman–Crippen LogP) is 1.71. The third-order valence-electron chi connectivity index (χ3n) is 1.11. The maximum absolute atomic E-state index is 10.6. The van der Waals surface area contributed by atoms with Crippen molar-refractivity contribution in [3.63, 3.8) is 0 Å². The summed E-state index contributed by atoms with van der Waals surface area (Å²) in [6.07, 6.45) is 2.34. The van der Waals surface area contributed by atoms with Gasteiger partial charge in [-0.2, -0.15) is 13.5 Å². The van der Waals surface area contributed by atoms with Crippen molar-refractivity contribution in [2.75, 3.05) is 0 Å². The number of allylic oxidation sites excluding steroid dienone is 3. The van der Waals surface area contributed by atoms with E-state index in [1.165, 1.54) is 19.9 Å². The molecular formula is C6H10N2O3S. The van der Waals surface area contributed by atoms with Gasteiger partial charge >= 0.3 is 0 Å². The number of rotatable bonds is 3. The molecule has 12 heavy (non-hydrogen) atoms. The zero-order valence-electron chi connectivity index (χ0n) is 6.77. The van der Waals surface area contributed by atoms with Crippen LogP contribution in [-0.4, -0.2) is 13.0 Å². The van der Waals surface area contributed by atoms with Crippen molar-refractivity contribution < 1.29 is 13.0 Å². The minimum Gasteiger partial charge on any atom is -0.282 e. The average Bonchev–Trinajstić information content (AvgIpc) is 1.97. The molecule has 0 aromatic rings. The Morgan fingerprint density at radius 2 is 2.08 bits per heavy atom. The number of nitrogens with one attached hydrogen (secondary N) is 1. The minimum absolute atomic E-state index is 0.209. The van der Waals surface area contributed by atoms with Gasteiger partial charge in [0.05, 0.1) is 10.6 Å². The normalized spacial score (nSPS) is 14.6. The van der Waals surface area contributed by atoms with E-state index in [1.807, 2.05) is 0 Å². The van der Waals surface area contributed by atoms with Crippen LogP contribution < -0.4 is 0 Å². The number of hydrogen-bond acceptors (Lipinski definition) is 4. The lowest BCUT2D eigenvalue weighted by Crippen LogP contribution is -1.99. The molecular weight excluding hydrogens is 180 g/mol. The third kappa shape index (κ3) is 3.40. The summed E-state index contributed by atoms with van der Waals surface area (Å²) in [5.74, 6) is 0. The molecule has 0 spiro atoms. The maximum Gasteiger partial charge on any atom is 0.294 e. The van der Waals surface area contributed by atoms with Crippen LogP contribution in [0.2, 0.25) is 0 Å². The molecule has 0 radical (unpaired) electrons. The van der Waals surface area contributed by atoms with E-state index in [0.29, 0.717) is 0 Å². The lowest BCUT2D eigenvalue weighted by Gasteiger charge is -1.95. The Balaban J connectivity index is 5.01. The van der Waals surface area contributed by atoms with Crippen LogP contribution in [-0.2, 0) is 10.1 Å². The van der Waals surface area contributed by atoms with Crippen molar-refractivity contribution in [1.29, 1.82) is 5.53 Å². The molecule has 0 aromatic carbocycles. The summed E-state index contributed by atoms with van der Waals surface area (Å²) in [6.45, 7) is 2.93. The Kier molecular flexibility index (Phi) is 3.78. The predicted molar refractivity (Wildman–Crippen MR) is 44.2 cm³/mol. The van der Waals surface area contributed by atoms with Crippen LogP contribution in [0.4, 0.5) is 0 Å². The minimum atomic E-state index is -4.18. The van der Waals surface area contributed by atoms with Gasteiger partial charge in [-0.3, -0.25) is 4.55 Å². The van der Waals surface area contributed by atoms with Crippen LogP contribution in [0.1, 0.15) is 13.8 Å². The van der Waals surface area contributed by atoms with Crippen molar-refractivity contribution in [2.24, 2.45) is 5.11 Å². The molecule has 0 aromatic heterocycles. The molecule has 0 aliphatic heterocycles. The third-order valence-corrected chi connectivity index (χ3v) is 2.06. The summed E-state index contributed by atoms with van der Waals surface area (Å²) in [4.78, 5) is -0.254. The first-order valence-corrected chi connectivity index (χ1v) is 4.55. The highest BCUT2D eigenvalue weighted by atomic mass is 32.2. The first-order chi connectivity index (χ1) is 5.41. The van der Waals surface area contributed by atoms with E-state index in [0.717, 1.165) is 6.08 Å². The molecule has 0 rings (SSSR count). The fourth-order valence-electron chi connectivity index (χ4n) is 0.545. The molecule has 0 heterocycles. The molecule has 0 unspecified atom stereocenters. The molecule has 68 valence electrons. The van der Waals surface area contributed by atoms with Crippen molar-refractivity contribution >= 4 is 10.1 Å². The SMILES string of the molecule is C/C=C(\C=C(/C)N=N)S(=O)(=O)O. The van der Waals surface area contributed by atoms with E-state index < -0.39 is 10.1 Å². The first-order valence-electron chi connectivity index (χ1n) is 3.11. The van der Waals surface area contributed by atoms with E-state index in [1.54, 1.807) is 0 Å². The van der Waals surface area contributed by atoms with Crippen LogP contribution >= 0.6 is 0 Å². The Labute approximate surface area is 71.1 Å². The molecule has 0 saturated carbocycles. The largest absolute Gasteiger partial charge is 0.294 e. The van der Waals surface area contributed by atoms with E-state index in [4.69, 9.17) is 10.1 Å². The molecule has 0 bridgehead atoms. The monoisotopic (exact) mass is 190 g/mol. The van der Waals surface area contributed by atoms with Crippen molar-refractivity contribution in [3.05, 3.63) is 22.8 Å². The van der Waals surface area contributed by atoms with E-state index >= 15 is 0 Å². The molecule has 0 amide bonds. The standard InChI is InChI=1S/C6H10N2O3S/c1-3-6(12(9,10)11)4-5(2)8-7/h3-4,7H,1-2H3,(H,9,10,11)/b5-4+,6-3+,8-7?. The highest BCUT2D eigenvalue weighted by molar-refractivity contribution is 7.90. The molecule has 5 nitrogen and oxygen atoms in total. The lowest BCUT2D eigenvalue weighted by molar-refractivity contribution is 0.492. The van der Waals surface area contributed by atoms with Crippen LogP contribution in [0.3, 0.4) is 0 Å². The highest BCUT2D eigenvalue weighted by Crippen LogP contribution is 2.09. The second kappa shape index (κ2) is 4.13. The van der Waals surface area contributed by atoms with Gasteiger partial charge in [-0.1, -0.05) is 6.08 Å². The summed E-state index contributed by atoms with van der Waals surface area (Å²) in [6, 6.07) is 0. The molecule has 0 aliphatic carbocycles. The van der Waals surface area contributed by atoms with Gasteiger partial charge in [-0.25, -0.2) is 5.53 Å². The van der Waals surface area contributed by atoms with Crippen LogP contribution in [0.5, 0.6) is 0 Å². The first kappa shape index (κ1) is 11.0. The second-order valence-corrected chi connectivity index (χ2v) is 3.49. The number of nitrogens with zero attached hydrogens (tertiary/aromatic N) is 1. The summed E-state index contributed by atoms with van der Waals surface area (Å²) in [5, 5.41) is 2.98. The summed E-state index contributed by atoms with van der Waals surface area (Å²) >= 11 is 0. The fourth-order valence-corrected chi connectivity index (χ4v) is 1.16. The Bertz CT molecular complexity index is 327. The molecule has 0 saturated heterocycles. The molecule has 0 fully saturated rings. The number of hydrogen-bond donors (Lipinski definition) is 2. The average molecular weight is 190 g/mol. The quantitative estimate of drug-likeness (QED) is 0.403. The van der Waals surface area contributed by atoms with Crippen molar-refractivity contribution in [1.82, 2.24) is 0 Å². The van der Waals surface area contributed by atoms with Gasteiger partial charge in [-0.15, -0.1) is 0 Å². The summed E-state index contributed by atoms with van der Waals surface area (Å²) in [7, 11) is -4.18. The van der Waals surface area contributed by atoms with Gasteiger partial charge in [0.25, 0.3) is 10.1 Å².